The summed E-state index contributed by atoms with van der Waals surface area (Å²) in [6.07, 6.45) is 1.72. The highest BCUT2D eigenvalue weighted by atomic mass is 16.3. The molecule has 0 aliphatic rings. The summed E-state index contributed by atoms with van der Waals surface area (Å²) >= 11 is 0. The van der Waals surface area contributed by atoms with Gasteiger partial charge in [0.15, 0.2) is 0 Å². The molecule has 0 saturated carbocycles. The molecule has 1 aromatic heterocycles. The maximum absolute atomic E-state index is 8.96. The Balaban J connectivity index is 2.46. The summed E-state index contributed by atoms with van der Waals surface area (Å²) in [6, 6.07) is 10.1. The number of aliphatic hydroxyl groups excluding tert-OH is 1. The van der Waals surface area contributed by atoms with Crippen LogP contribution in [0.1, 0.15) is 16.7 Å². The van der Waals surface area contributed by atoms with E-state index in [2.05, 4.69) is 31.0 Å². The largest absolute Gasteiger partial charge is 0.392 e. The third-order valence-electron chi connectivity index (χ3n) is 2.89. The van der Waals surface area contributed by atoms with E-state index < -0.39 is 0 Å². The predicted octanol–water partition coefficient (Wildman–Crippen LogP) is 2.86. The molecule has 0 fully saturated rings. The Labute approximate surface area is 95.6 Å². The van der Waals surface area contributed by atoms with E-state index in [4.69, 9.17) is 5.11 Å². The van der Waals surface area contributed by atoms with Crippen LogP contribution in [0.2, 0.25) is 0 Å². The van der Waals surface area contributed by atoms with E-state index >= 15 is 0 Å². The van der Waals surface area contributed by atoms with Gasteiger partial charge in [0.25, 0.3) is 0 Å². The van der Waals surface area contributed by atoms with E-state index in [9.17, 15) is 0 Å². The molecule has 0 atom stereocenters. The van der Waals surface area contributed by atoms with Gasteiger partial charge in [0.05, 0.1) is 12.3 Å². The number of hydrogen-bond acceptors (Lipinski definition) is 2. The fourth-order valence-electron chi connectivity index (χ4n) is 1.71. The van der Waals surface area contributed by atoms with Gasteiger partial charge in [-0.2, -0.15) is 0 Å². The first-order valence-electron chi connectivity index (χ1n) is 5.34. The minimum absolute atomic E-state index is 0.0417. The number of pyridine rings is 1. The Kier molecular flexibility index (Phi) is 3.02. The third-order valence-corrected chi connectivity index (χ3v) is 2.89. The minimum Gasteiger partial charge on any atom is -0.392 e. The van der Waals surface area contributed by atoms with Crippen LogP contribution in [0.4, 0.5) is 0 Å². The van der Waals surface area contributed by atoms with Gasteiger partial charge in [0, 0.05) is 11.8 Å². The van der Waals surface area contributed by atoms with Gasteiger partial charge in [-0.1, -0.05) is 24.3 Å². The van der Waals surface area contributed by atoms with Crippen molar-refractivity contribution in [3.05, 3.63) is 53.2 Å². The molecule has 16 heavy (non-hydrogen) atoms. The van der Waals surface area contributed by atoms with E-state index in [1.54, 1.807) is 6.20 Å². The Hall–Kier alpha value is -1.67. The third kappa shape index (κ3) is 1.97. The second-order valence-corrected chi connectivity index (χ2v) is 3.96. The number of rotatable bonds is 2. The summed E-state index contributed by atoms with van der Waals surface area (Å²) in [5.41, 5.74) is 5.48. The van der Waals surface area contributed by atoms with Crippen LogP contribution in [-0.4, -0.2) is 10.1 Å². The summed E-state index contributed by atoms with van der Waals surface area (Å²) in [5.74, 6) is 0. The standard InChI is InChI=1S/C14H15NO/c1-10-4-3-5-13(11(10)2)14-7-6-12(9-16)8-15-14/h3-8,16H,9H2,1-2H3. The molecule has 0 aliphatic carbocycles. The van der Waals surface area contributed by atoms with Crippen molar-refractivity contribution in [2.75, 3.05) is 0 Å². The van der Waals surface area contributed by atoms with Gasteiger partial charge < -0.3 is 5.11 Å². The molecule has 1 N–H and O–H groups in total. The van der Waals surface area contributed by atoms with Gasteiger partial charge in [0.2, 0.25) is 0 Å². The zero-order chi connectivity index (χ0) is 11.5. The average Bonchev–Trinajstić information content (AvgIpc) is 2.33. The van der Waals surface area contributed by atoms with Gasteiger partial charge >= 0.3 is 0 Å². The second kappa shape index (κ2) is 4.45. The number of aliphatic hydroxyl groups is 1. The number of aromatic nitrogens is 1. The number of nitrogens with zero attached hydrogens (tertiary/aromatic N) is 1. The normalized spacial score (nSPS) is 10.4. The Morgan fingerprint density at radius 2 is 1.94 bits per heavy atom. The lowest BCUT2D eigenvalue weighted by Gasteiger charge is -2.08. The van der Waals surface area contributed by atoms with Crippen LogP contribution in [0.15, 0.2) is 36.5 Å². The van der Waals surface area contributed by atoms with Crippen molar-refractivity contribution in [3.8, 4) is 11.3 Å². The van der Waals surface area contributed by atoms with Crippen molar-refractivity contribution in [1.29, 1.82) is 0 Å². The van der Waals surface area contributed by atoms with Crippen LogP contribution >= 0.6 is 0 Å². The molecule has 2 heteroatoms. The van der Waals surface area contributed by atoms with Crippen LogP contribution < -0.4 is 0 Å². The highest BCUT2D eigenvalue weighted by Gasteiger charge is 2.04. The molecule has 0 saturated heterocycles. The summed E-state index contributed by atoms with van der Waals surface area (Å²) in [7, 11) is 0. The average molecular weight is 213 g/mol. The van der Waals surface area contributed by atoms with Crippen molar-refractivity contribution in [1.82, 2.24) is 4.98 Å². The van der Waals surface area contributed by atoms with E-state index in [0.717, 1.165) is 16.8 Å². The van der Waals surface area contributed by atoms with Crippen LogP contribution in [0.25, 0.3) is 11.3 Å². The van der Waals surface area contributed by atoms with Gasteiger partial charge in [-0.05, 0) is 36.6 Å². The Bertz CT molecular complexity index is 489. The topological polar surface area (TPSA) is 33.1 Å². The number of hydrogen-bond donors (Lipinski definition) is 1. The molecule has 0 unspecified atom stereocenters. The lowest BCUT2D eigenvalue weighted by Crippen LogP contribution is -1.91. The van der Waals surface area contributed by atoms with Gasteiger partial charge in [0.1, 0.15) is 0 Å². The van der Waals surface area contributed by atoms with Crippen molar-refractivity contribution in [3.63, 3.8) is 0 Å². The molecule has 2 aromatic rings. The van der Waals surface area contributed by atoms with Crippen LogP contribution in [0.3, 0.4) is 0 Å². The Morgan fingerprint density at radius 1 is 1.12 bits per heavy atom. The van der Waals surface area contributed by atoms with Gasteiger partial charge in [-0.15, -0.1) is 0 Å². The summed E-state index contributed by atoms with van der Waals surface area (Å²) in [6.45, 7) is 4.24. The lowest BCUT2D eigenvalue weighted by molar-refractivity contribution is 0.281. The molecule has 0 spiro atoms. The summed E-state index contributed by atoms with van der Waals surface area (Å²) < 4.78 is 0. The molecule has 1 heterocycles. The van der Waals surface area contributed by atoms with Crippen LogP contribution in [0, 0.1) is 13.8 Å². The van der Waals surface area contributed by atoms with Crippen molar-refractivity contribution in [2.24, 2.45) is 0 Å². The first-order chi connectivity index (χ1) is 7.72. The highest BCUT2D eigenvalue weighted by molar-refractivity contribution is 5.64. The SMILES string of the molecule is Cc1cccc(-c2ccc(CO)cn2)c1C. The van der Waals surface area contributed by atoms with Crippen molar-refractivity contribution < 1.29 is 5.11 Å². The number of aryl methyl sites for hydroxylation is 1. The fourth-order valence-corrected chi connectivity index (χ4v) is 1.71. The van der Waals surface area contributed by atoms with E-state index in [1.165, 1.54) is 11.1 Å². The molecular weight excluding hydrogens is 198 g/mol. The minimum atomic E-state index is 0.0417. The molecule has 1 aromatic carbocycles. The summed E-state index contributed by atoms with van der Waals surface area (Å²) in [5, 5.41) is 8.96. The highest BCUT2D eigenvalue weighted by Crippen LogP contribution is 2.23. The lowest BCUT2D eigenvalue weighted by atomic mass is 10.0. The van der Waals surface area contributed by atoms with E-state index in [0.29, 0.717) is 0 Å². The first-order valence-corrected chi connectivity index (χ1v) is 5.34. The molecule has 2 rings (SSSR count). The molecular formula is C14H15NO. The molecule has 0 amide bonds. The summed E-state index contributed by atoms with van der Waals surface area (Å²) in [4.78, 5) is 4.36. The molecule has 0 bridgehead atoms. The fraction of sp³-hybridized carbons (Fsp3) is 0.214. The second-order valence-electron chi connectivity index (χ2n) is 3.96. The maximum Gasteiger partial charge on any atom is 0.0704 e. The van der Waals surface area contributed by atoms with Gasteiger partial charge in [-0.25, -0.2) is 0 Å². The van der Waals surface area contributed by atoms with Gasteiger partial charge in [-0.3, -0.25) is 4.98 Å². The van der Waals surface area contributed by atoms with E-state index in [1.807, 2.05) is 18.2 Å². The molecule has 2 nitrogen and oxygen atoms in total. The van der Waals surface area contributed by atoms with E-state index in [-0.39, 0.29) is 6.61 Å². The van der Waals surface area contributed by atoms with Crippen molar-refractivity contribution >= 4 is 0 Å². The first kappa shape index (κ1) is 10.8. The zero-order valence-corrected chi connectivity index (χ0v) is 9.57. The molecule has 0 radical (unpaired) electrons. The number of benzene rings is 1. The van der Waals surface area contributed by atoms with Crippen LogP contribution in [0.5, 0.6) is 0 Å². The molecule has 0 aliphatic heterocycles. The zero-order valence-electron chi connectivity index (χ0n) is 9.57. The van der Waals surface area contributed by atoms with Crippen molar-refractivity contribution in [2.45, 2.75) is 20.5 Å². The Morgan fingerprint density at radius 3 is 2.56 bits per heavy atom. The maximum atomic E-state index is 8.96. The monoisotopic (exact) mass is 213 g/mol. The quantitative estimate of drug-likeness (QED) is 0.832. The van der Waals surface area contributed by atoms with Crippen LogP contribution in [-0.2, 0) is 6.61 Å². The predicted molar refractivity (Wildman–Crippen MR) is 65.1 cm³/mol. The molecule has 82 valence electrons. The smallest absolute Gasteiger partial charge is 0.0704 e.